The number of nitrogens with one attached hydrogen (secondary N) is 1. The molecule has 0 aliphatic carbocycles. The summed E-state index contributed by atoms with van der Waals surface area (Å²) < 4.78 is 30.2. The smallest absolute Gasteiger partial charge is 0.277 e. The molecule has 35 heavy (non-hydrogen) atoms. The van der Waals surface area contributed by atoms with Crippen molar-refractivity contribution in [1.82, 2.24) is 14.5 Å². The van der Waals surface area contributed by atoms with Crippen LogP contribution in [0.3, 0.4) is 0 Å². The lowest BCUT2D eigenvalue weighted by molar-refractivity contribution is 0.0998. The Hall–Kier alpha value is -4.63. The topological polar surface area (TPSA) is 106 Å². The number of carbonyl (C=O) groups is 1. The van der Waals surface area contributed by atoms with E-state index in [9.17, 15) is 13.2 Å². The summed E-state index contributed by atoms with van der Waals surface area (Å²) in [5, 5.41) is 0.454. The fraction of sp³-hybridized carbons (Fsp3) is 0. The number of hydrogen-bond acceptors (Lipinski definition) is 5. The monoisotopic (exact) mass is 481 g/mol. The van der Waals surface area contributed by atoms with Crippen LogP contribution in [0.5, 0.6) is 0 Å². The van der Waals surface area contributed by atoms with Crippen molar-refractivity contribution in [1.29, 1.82) is 0 Å². The van der Waals surface area contributed by atoms with E-state index in [1.165, 1.54) is 12.1 Å². The Morgan fingerprint density at radius 1 is 0.743 bits per heavy atom. The highest BCUT2D eigenvalue weighted by atomic mass is 32.2. The van der Waals surface area contributed by atoms with Crippen LogP contribution in [0.2, 0.25) is 0 Å². The summed E-state index contributed by atoms with van der Waals surface area (Å²) in [4.78, 5) is 25.8. The molecule has 0 aliphatic heterocycles. The van der Waals surface area contributed by atoms with Gasteiger partial charge in [-0.15, -0.1) is 0 Å². The average molecular weight is 482 g/mol. The van der Waals surface area contributed by atoms with Crippen LogP contribution in [0, 0.1) is 0 Å². The van der Waals surface area contributed by atoms with Gasteiger partial charge in [0.2, 0.25) is 0 Å². The van der Waals surface area contributed by atoms with Crippen molar-refractivity contribution in [2.24, 2.45) is 4.99 Å². The zero-order valence-electron chi connectivity index (χ0n) is 18.3. The van der Waals surface area contributed by atoms with E-state index in [4.69, 9.17) is 0 Å². The number of pyridine rings is 1. The van der Waals surface area contributed by atoms with Crippen LogP contribution in [-0.4, -0.2) is 28.9 Å². The van der Waals surface area contributed by atoms with E-state index >= 15 is 0 Å². The number of hydrogen-bond donors (Lipinski definition) is 1. The SMILES string of the molecule is O=C(N=c1ccn(-c2nc3ccccc3nc2NS(=O)(=O)c2ccccc2)cc1)c1ccccc1. The Morgan fingerprint density at radius 3 is 1.97 bits per heavy atom. The molecule has 2 heterocycles. The van der Waals surface area contributed by atoms with Crippen LogP contribution in [0.1, 0.15) is 10.4 Å². The van der Waals surface area contributed by atoms with E-state index in [2.05, 4.69) is 19.7 Å². The molecule has 2 aromatic heterocycles. The highest BCUT2D eigenvalue weighted by Gasteiger charge is 2.19. The maximum absolute atomic E-state index is 13.0. The summed E-state index contributed by atoms with van der Waals surface area (Å²) in [5.41, 5.74) is 1.63. The molecule has 0 fully saturated rings. The molecule has 172 valence electrons. The van der Waals surface area contributed by atoms with Gasteiger partial charge in [0.25, 0.3) is 15.9 Å². The zero-order chi connectivity index (χ0) is 24.3. The number of nitrogens with zero attached hydrogens (tertiary/aromatic N) is 4. The third kappa shape index (κ3) is 4.85. The fourth-order valence-electron chi connectivity index (χ4n) is 3.42. The summed E-state index contributed by atoms with van der Waals surface area (Å²) in [5.74, 6) is -0.00287. The Balaban J connectivity index is 1.55. The fourth-order valence-corrected chi connectivity index (χ4v) is 4.45. The van der Waals surface area contributed by atoms with Crippen molar-refractivity contribution >= 4 is 32.8 Å². The van der Waals surface area contributed by atoms with E-state index < -0.39 is 10.0 Å². The number of anilines is 1. The van der Waals surface area contributed by atoms with Gasteiger partial charge in [-0.2, -0.15) is 0 Å². The first-order valence-electron chi connectivity index (χ1n) is 10.7. The van der Waals surface area contributed by atoms with E-state index in [0.29, 0.717) is 22.0 Å². The van der Waals surface area contributed by atoms with E-state index in [1.54, 1.807) is 89.8 Å². The lowest BCUT2D eigenvalue weighted by Crippen LogP contribution is -2.17. The number of amides is 1. The third-order valence-corrected chi connectivity index (χ3v) is 6.50. The molecule has 0 bridgehead atoms. The summed E-state index contributed by atoms with van der Waals surface area (Å²) in [7, 11) is -3.90. The average Bonchev–Trinajstić information content (AvgIpc) is 2.89. The molecule has 0 saturated heterocycles. The van der Waals surface area contributed by atoms with E-state index in [0.717, 1.165) is 0 Å². The van der Waals surface area contributed by atoms with Gasteiger partial charge in [-0.1, -0.05) is 48.5 Å². The van der Waals surface area contributed by atoms with Gasteiger partial charge < -0.3 is 4.57 Å². The second kappa shape index (κ2) is 9.32. The molecule has 8 nitrogen and oxygen atoms in total. The standard InChI is InChI=1S/C26H19N5O3S/c32-26(19-9-3-1-4-10-19)27-20-15-17-31(18-16-20)25-24(28-22-13-7-8-14-23(22)29-25)30-35(33,34)21-11-5-2-6-12-21/h1-18H,(H,28,30). The quantitative estimate of drug-likeness (QED) is 0.409. The number of carbonyl (C=O) groups excluding carboxylic acids is 1. The van der Waals surface area contributed by atoms with Crippen LogP contribution in [0.15, 0.2) is 119 Å². The Morgan fingerprint density at radius 2 is 1.31 bits per heavy atom. The molecule has 0 saturated carbocycles. The molecule has 9 heteroatoms. The highest BCUT2D eigenvalue weighted by molar-refractivity contribution is 7.92. The lowest BCUT2D eigenvalue weighted by atomic mass is 10.2. The van der Waals surface area contributed by atoms with Gasteiger partial charge in [0.1, 0.15) is 0 Å². The molecule has 5 aromatic rings. The molecule has 0 aliphatic rings. The van der Waals surface area contributed by atoms with Gasteiger partial charge in [0.15, 0.2) is 11.6 Å². The number of rotatable bonds is 5. The number of fused-ring (bicyclic) bond motifs is 1. The maximum atomic E-state index is 13.0. The van der Waals surface area contributed by atoms with Crippen molar-refractivity contribution < 1.29 is 13.2 Å². The molecule has 0 radical (unpaired) electrons. The van der Waals surface area contributed by atoms with Gasteiger partial charge >= 0.3 is 0 Å². The molecular formula is C26H19N5O3S. The summed E-state index contributed by atoms with van der Waals surface area (Å²) in [6, 6.07) is 27.3. The number of aromatic nitrogens is 3. The molecular weight excluding hydrogens is 462 g/mol. The Bertz CT molecular complexity index is 1680. The molecule has 0 spiro atoms. The largest absolute Gasteiger partial charge is 0.305 e. The molecule has 5 rings (SSSR count). The summed E-state index contributed by atoms with van der Waals surface area (Å²) >= 11 is 0. The number of sulfonamides is 1. The molecule has 1 N–H and O–H groups in total. The molecule has 3 aromatic carbocycles. The minimum atomic E-state index is -3.90. The van der Waals surface area contributed by atoms with Gasteiger partial charge in [-0.3, -0.25) is 9.52 Å². The molecule has 1 amide bonds. The Kier molecular flexibility index (Phi) is 5.90. The van der Waals surface area contributed by atoms with E-state index in [-0.39, 0.29) is 22.4 Å². The second-order valence-electron chi connectivity index (χ2n) is 7.55. The maximum Gasteiger partial charge on any atom is 0.277 e. The zero-order valence-corrected chi connectivity index (χ0v) is 19.1. The van der Waals surface area contributed by atoms with Crippen molar-refractivity contribution in [2.45, 2.75) is 4.90 Å². The first-order valence-corrected chi connectivity index (χ1v) is 12.2. The third-order valence-electron chi connectivity index (χ3n) is 5.14. The van der Waals surface area contributed by atoms with Crippen molar-refractivity contribution in [2.75, 3.05) is 4.72 Å². The van der Waals surface area contributed by atoms with Gasteiger partial charge in [0.05, 0.1) is 21.3 Å². The van der Waals surface area contributed by atoms with Crippen LogP contribution in [0.4, 0.5) is 5.82 Å². The first kappa shape index (κ1) is 22.2. The van der Waals surface area contributed by atoms with Crippen LogP contribution in [0.25, 0.3) is 16.9 Å². The lowest BCUT2D eigenvalue weighted by Gasteiger charge is -2.14. The van der Waals surface area contributed by atoms with Crippen LogP contribution >= 0.6 is 0 Å². The summed E-state index contributed by atoms with van der Waals surface area (Å²) in [6.45, 7) is 0. The van der Waals surface area contributed by atoms with Crippen molar-refractivity contribution in [3.63, 3.8) is 0 Å². The molecule has 0 atom stereocenters. The van der Waals surface area contributed by atoms with Gasteiger partial charge in [-0.25, -0.2) is 23.4 Å². The number of benzene rings is 3. The van der Waals surface area contributed by atoms with Gasteiger partial charge in [-0.05, 0) is 48.5 Å². The van der Waals surface area contributed by atoms with Crippen LogP contribution < -0.4 is 10.1 Å². The predicted octanol–water partition coefficient (Wildman–Crippen LogP) is 3.96. The minimum Gasteiger partial charge on any atom is -0.305 e. The second-order valence-corrected chi connectivity index (χ2v) is 9.23. The summed E-state index contributed by atoms with van der Waals surface area (Å²) in [6.07, 6.45) is 3.30. The highest BCUT2D eigenvalue weighted by Crippen LogP contribution is 2.23. The predicted molar refractivity (Wildman–Crippen MR) is 132 cm³/mol. The Labute approximate surface area is 201 Å². The van der Waals surface area contributed by atoms with Gasteiger partial charge in [0, 0.05) is 18.0 Å². The first-order chi connectivity index (χ1) is 17.0. The van der Waals surface area contributed by atoms with Crippen molar-refractivity contribution in [3.05, 3.63) is 120 Å². The van der Waals surface area contributed by atoms with E-state index in [1.807, 2.05) is 12.1 Å². The normalized spacial score (nSPS) is 11.2. The van der Waals surface area contributed by atoms with Crippen molar-refractivity contribution in [3.8, 4) is 5.82 Å². The molecule has 0 unspecified atom stereocenters. The minimum absolute atomic E-state index is 0.0719. The number of para-hydroxylation sites is 2. The van der Waals surface area contributed by atoms with Crippen LogP contribution in [-0.2, 0) is 10.0 Å².